The van der Waals surface area contributed by atoms with Crippen molar-refractivity contribution in [2.75, 3.05) is 18.5 Å². The van der Waals surface area contributed by atoms with Crippen LogP contribution in [-0.4, -0.2) is 36.0 Å². The Hall–Kier alpha value is -2.74. The van der Waals surface area contributed by atoms with Gasteiger partial charge in [0.15, 0.2) is 6.61 Å². The molecule has 2 heterocycles. The monoisotopic (exact) mass is 390 g/mol. The quantitative estimate of drug-likeness (QED) is 0.729. The average Bonchev–Trinajstić information content (AvgIpc) is 2.95. The van der Waals surface area contributed by atoms with Gasteiger partial charge >= 0.3 is 11.9 Å². The van der Waals surface area contributed by atoms with Crippen LogP contribution in [0, 0.1) is 13.8 Å². The van der Waals surface area contributed by atoms with E-state index in [9.17, 15) is 14.4 Å². The Bertz CT molecular complexity index is 843. The van der Waals surface area contributed by atoms with Crippen molar-refractivity contribution in [2.45, 2.75) is 34.1 Å². The third-order valence-electron chi connectivity index (χ3n) is 3.78. The number of rotatable bonds is 7. The number of nitrogens with zero attached hydrogens (tertiary/aromatic N) is 1. The van der Waals surface area contributed by atoms with E-state index in [-0.39, 0.29) is 12.2 Å². The summed E-state index contributed by atoms with van der Waals surface area (Å²) in [7, 11) is 0. The van der Waals surface area contributed by atoms with E-state index < -0.39 is 24.5 Å². The maximum Gasteiger partial charge on any atom is 0.341 e. The fourth-order valence-corrected chi connectivity index (χ4v) is 3.63. The van der Waals surface area contributed by atoms with E-state index in [4.69, 9.17) is 9.47 Å². The van der Waals surface area contributed by atoms with Crippen molar-refractivity contribution in [3.05, 3.63) is 45.6 Å². The maximum atomic E-state index is 12.3. The number of ether oxygens (including phenoxy) is 2. The number of aromatic nitrogens is 1. The molecule has 2 aromatic rings. The van der Waals surface area contributed by atoms with Gasteiger partial charge in [-0.1, -0.05) is 6.92 Å². The van der Waals surface area contributed by atoms with Gasteiger partial charge in [0.1, 0.15) is 5.00 Å². The van der Waals surface area contributed by atoms with Gasteiger partial charge in [-0.2, -0.15) is 0 Å². The predicted molar refractivity (Wildman–Crippen MR) is 102 cm³/mol. The van der Waals surface area contributed by atoms with Gasteiger partial charge in [-0.3, -0.25) is 9.78 Å². The van der Waals surface area contributed by atoms with Crippen molar-refractivity contribution in [1.29, 1.82) is 0 Å². The summed E-state index contributed by atoms with van der Waals surface area (Å²) in [6.45, 7) is 7.12. The topological polar surface area (TPSA) is 94.6 Å². The molecule has 0 radical (unpaired) electrons. The minimum absolute atomic E-state index is 0.243. The summed E-state index contributed by atoms with van der Waals surface area (Å²) in [6.07, 6.45) is 2.03. The van der Waals surface area contributed by atoms with E-state index in [0.717, 1.165) is 16.1 Å². The molecule has 27 heavy (non-hydrogen) atoms. The molecule has 1 amide bonds. The van der Waals surface area contributed by atoms with Gasteiger partial charge < -0.3 is 14.8 Å². The second kappa shape index (κ2) is 9.27. The number of carbonyl (C=O) groups is 3. The highest BCUT2D eigenvalue weighted by molar-refractivity contribution is 7.16. The van der Waals surface area contributed by atoms with Crippen molar-refractivity contribution in [1.82, 2.24) is 4.98 Å². The molecule has 0 aliphatic heterocycles. The zero-order valence-corrected chi connectivity index (χ0v) is 16.6. The molecule has 0 aliphatic rings. The number of carbonyl (C=O) groups excluding carboxylic acids is 3. The van der Waals surface area contributed by atoms with Gasteiger partial charge in [-0.15, -0.1) is 11.3 Å². The van der Waals surface area contributed by atoms with Crippen molar-refractivity contribution in [3.8, 4) is 0 Å². The normalized spacial score (nSPS) is 10.4. The van der Waals surface area contributed by atoms with E-state index in [1.165, 1.54) is 17.5 Å². The van der Waals surface area contributed by atoms with Gasteiger partial charge in [-0.25, -0.2) is 9.59 Å². The van der Waals surface area contributed by atoms with Crippen LogP contribution in [0.15, 0.2) is 18.3 Å². The lowest BCUT2D eigenvalue weighted by Crippen LogP contribution is -2.22. The molecular formula is C19H22N2O5S. The highest BCUT2D eigenvalue weighted by Gasteiger charge is 2.23. The third kappa shape index (κ3) is 5.13. The minimum atomic E-state index is -0.639. The summed E-state index contributed by atoms with van der Waals surface area (Å²) in [4.78, 5) is 41.4. The lowest BCUT2D eigenvalue weighted by atomic mass is 10.1. The standard InChI is InChI=1S/C19H22N2O5S/c1-5-14-12(4)27-17(16(14)19(24)25-6-2)21-15(22)10-26-18(23)13-8-7-11(3)20-9-13/h7-9H,5-6,10H2,1-4H3,(H,21,22). The average molecular weight is 390 g/mol. The van der Waals surface area contributed by atoms with Gasteiger partial charge in [0.05, 0.1) is 17.7 Å². The first-order chi connectivity index (χ1) is 12.9. The molecule has 0 saturated carbocycles. The van der Waals surface area contributed by atoms with E-state index >= 15 is 0 Å². The summed E-state index contributed by atoms with van der Waals surface area (Å²) in [5, 5.41) is 3.05. The predicted octanol–water partition coefficient (Wildman–Crippen LogP) is 3.29. The Labute approximate surface area is 161 Å². The first kappa shape index (κ1) is 20.6. The number of amides is 1. The van der Waals surface area contributed by atoms with Gasteiger partial charge in [-0.05, 0) is 44.9 Å². The van der Waals surface area contributed by atoms with Crippen LogP contribution in [0.4, 0.5) is 5.00 Å². The van der Waals surface area contributed by atoms with Crippen LogP contribution in [0.25, 0.3) is 0 Å². The van der Waals surface area contributed by atoms with Crippen LogP contribution in [-0.2, 0) is 20.7 Å². The lowest BCUT2D eigenvalue weighted by molar-refractivity contribution is -0.119. The van der Waals surface area contributed by atoms with Crippen LogP contribution in [0.1, 0.15) is 50.7 Å². The molecule has 2 rings (SSSR count). The fraction of sp³-hybridized carbons (Fsp3) is 0.368. The SMILES string of the molecule is CCOC(=O)c1c(NC(=O)COC(=O)c2ccc(C)nc2)sc(C)c1CC. The third-order valence-corrected chi connectivity index (χ3v) is 4.84. The summed E-state index contributed by atoms with van der Waals surface area (Å²) in [5.41, 5.74) is 2.25. The molecule has 0 saturated heterocycles. The smallest absolute Gasteiger partial charge is 0.341 e. The molecule has 0 fully saturated rings. The zero-order chi connectivity index (χ0) is 20.0. The van der Waals surface area contributed by atoms with Crippen molar-refractivity contribution in [2.24, 2.45) is 0 Å². The van der Waals surface area contributed by atoms with Crippen molar-refractivity contribution in [3.63, 3.8) is 0 Å². The number of anilines is 1. The number of nitrogens with one attached hydrogen (secondary N) is 1. The number of hydrogen-bond donors (Lipinski definition) is 1. The van der Waals surface area contributed by atoms with Crippen molar-refractivity contribution >= 4 is 34.2 Å². The summed E-state index contributed by atoms with van der Waals surface area (Å²) < 4.78 is 10.1. The van der Waals surface area contributed by atoms with Crippen LogP contribution in [0.2, 0.25) is 0 Å². The van der Waals surface area contributed by atoms with Crippen LogP contribution >= 0.6 is 11.3 Å². The number of pyridine rings is 1. The molecule has 0 bridgehead atoms. The van der Waals surface area contributed by atoms with Crippen LogP contribution in [0.3, 0.4) is 0 Å². The lowest BCUT2D eigenvalue weighted by Gasteiger charge is -2.08. The van der Waals surface area contributed by atoms with E-state index in [0.29, 0.717) is 17.0 Å². The Morgan fingerprint density at radius 3 is 2.44 bits per heavy atom. The summed E-state index contributed by atoms with van der Waals surface area (Å²) in [6, 6.07) is 3.26. The highest BCUT2D eigenvalue weighted by atomic mass is 32.1. The van der Waals surface area contributed by atoms with Gasteiger partial charge in [0.2, 0.25) is 0 Å². The van der Waals surface area contributed by atoms with E-state index in [1.54, 1.807) is 26.0 Å². The second-order valence-electron chi connectivity index (χ2n) is 5.73. The van der Waals surface area contributed by atoms with E-state index in [2.05, 4.69) is 10.3 Å². The molecule has 0 aliphatic carbocycles. The first-order valence-corrected chi connectivity index (χ1v) is 9.38. The Kier molecular flexibility index (Phi) is 7.06. The molecular weight excluding hydrogens is 368 g/mol. The molecule has 8 heteroatoms. The number of hydrogen-bond acceptors (Lipinski definition) is 7. The largest absolute Gasteiger partial charge is 0.462 e. The summed E-state index contributed by atoms with van der Waals surface area (Å²) in [5.74, 6) is -1.64. The molecule has 2 aromatic heterocycles. The highest BCUT2D eigenvalue weighted by Crippen LogP contribution is 2.34. The second-order valence-corrected chi connectivity index (χ2v) is 6.95. The Morgan fingerprint density at radius 1 is 1.11 bits per heavy atom. The first-order valence-electron chi connectivity index (χ1n) is 8.56. The van der Waals surface area contributed by atoms with Crippen molar-refractivity contribution < 1.29 is 23.9 Å². The summed E-state index contributed by atoms with van der Waals surface area (Å²) >= 11 is 1.30. The number of thiophene rings is 1. The molecule has 144 valence electrons. The minimum Gasteiger partial charge on any atom is -0.462 e. The molecule has 7 nitrogen and oxygen atoms in total. The van der Waals surface area contributed by atoms with E-state index in [1.807, 2.05) is 13.8 Å². The molecule has 0 atom stereocenters. The Balaban J connectivity index is 2.06. The zero-order valence-electron chi connectivity index (χ0n) is 15.8. The maximum absolute atomic E-state index is 12.3. The number of aryl methyl sites for hydroxylation is 2. The van der Waals surface area contributed by atoms with Crippen LogP contribution < -0.4 is 5.32 Å². The Morgan fingerprint density at radius 2 is 1.85 bits per heavy atom. The molecule has 0 spiro atoms. The van der Waals surface area contributed by atoms with Crippen LogP contribution in [0.5, 0.6) is 0 Å². The fourth-order valence-electron chi connectivity index (χ4n) is 2.48. The number of esters is 2. The van der Waals surface area contributed by atoms with Gasteiger partial charge in [0, 0.05) is 16.8 Å². The van der Waals surface area contributed by atoms with Gasteiger partial charge in [0.25, 0.3) is 5.91 Å². The molecule has 0 unspecified atom stereocenters. The molecule has 0 aromatic carbocycles. The molecule has 1 N–H and O–H groups in total.